The first-order chi connectivity index (χ1) is 12.0. The van der Waals surface area contributed by atoms with Gasteiger partial charge in [0.1, 0.15) is 0 Å². The van der Waals surface area contributed by atoms with Crippen LogP contribution in [0.5, 0.6) is 0 Å². The van der Waals surface area contributed by atoms with Crippen molar-refractivity contribution >= 4 is 46.4 Å². The fourth-order valence-corrected chi connectivity index (χ4v) is 2.44. The molecule has 0 unspecified atom stereocenters. The molecule has 0 atom stereocenters. The first kappa shape index (κ1) is 17.1. The van der Waals surface area contributed by atoms with Crippen molar-refractivity contribution in [1.29, 1.82) is 0 Å². The van der Waals surface area contributed by atoms with Gasteiger partial charge in [0.05, 0.1) is 17.0 Å². The summed E-state index contributed by atoms with van der Waals surface area (Å²) in [6.07, 6.45) is 1.41. The molecule has 3 aromatic rings. The number of nitrogens with one attached hydrogen (secondary N) is 2. The lowest BCUT2D eigenvalue weighted by Crippen LogP contribution is -2.13. The largest absolute Gasteiger partial charge is 0.459 e. The van der Waals surface area contributed by atoms with Gasteiger partial charge in [0.25, 0.3) is 11.8 Å². The molecule has 25 heavy (non-hydrogen) atoms. The molecule has 0 radical (unpaired) electrons. The molecule has 5 nitrogen and oxygen atoms in total. The molecule has 1 heterocycles. The molecule has 3 rings (SSSR count). The Bertz CT molecular complexity index is 907. The smallest absolute Gasteiger partial charge is 0.291 e. The van der Waals surface area contributed by atoms with Crippen molar-refractivity contribution in [3.63, 3.8) is 0 Å². The van der Waals surface area contributed by atoms with Gasteiger partial charge in [0.2, 0.25) is 0 Å². The summed E-state index contributed by atoms with van der Waals surface area (Å²) in [7, 11) is 0. The SMILES string of the molecule is O=C(Nc1ccc(NC(=O)c2ccco2)cc1Cl)c1ccc(Cl)cc1. The molecule has 0 aliphatic carbocycles. The second kappa shape index (κ2) is 7.42. The molecule has 2 aromatic carbocycles. The van der Waals surface area contributed by atoms with Crippen LogP contribution in [0.1, 0.15) is 20.9 Å². The van der Waals surface area contributed by atoms with Crippen LogP contribution in [0.2, 0.25) is 10.0 Å². The average molecular weight is 375 g/mol. The summed E-state index contributed by atoms with van der Waals surface area (Å²) >= 11 is 12.0. The van der Waals surface area contributed by atoms with E-state index in [1.165, 1.54) is 6.26 Å². The third kappa shape index (κ3) is 4.21. The van der Waals surface area contributed by atoms with Gasteiger partial charge >= 0.3 is 0 Å². The van der Waals surface area contributed by atoms with E-state index in [-0.39, 0.29) is 17.6 Å². The number of hydrogen-bond donors (Lipinski definition) is 2. The van der Waals surface area contributed by atoms with Crippen molar-refractivity contribution in [2.45, 2.75) is 0 Å². The number of hydrogen-bond acceptors (Lipinski definition) is 3. The maximum atomic E-state index is 12.2. The van der Waals surface area contributed by atoms with Gasteiger partial charge in [-0.15, -0.1) is 0 Å². The van der Waals surface area contributed by atoms with E-state index in [9.17, 15) is 9.59 Å². The second-order valence-electron chi connectivity index (χ2n) is 5.09. The molecule has 0 aliphatic heterocycles. The first-order valence-electron chi connectivity index (χ1n) is 7.24. The number of rotatable bonds is 4. The predicted molar refractivity (Wildman–Crippen MR) is 97.5 cm³/mol. The van der Waals surface area contributed by atoms with Crippen LogP contribution in [0.3, 0.4) is 0 Å². The van der Waals surface area contributed by atoms with E-state index in [1.54, 1.807) is 54.6 Å². The van der Waals surface area contributed by atoms with Crippen LogP contribution >= 0.6 is 23.2 Å². The van der Waals surface area contributed by atoms with E-state index < -0.39 is 0 Å². The first-order valence-corrected chi connectivity index (χ1v) is 8.00. The summed E-state index contributed by atoms with van der Waals surface area (Å²) < 4.78 is 5.02. The number of halogens is 2. The maximum absolute atomic E-state index is 12.2. The Balaban J connectivity index is 1.70. The van der Waals surface area contributed by atoms with Gasteiger partial charge in [-0.1, -0.05) is 23.2 Å². The second-order valence-corrected chi connectivity index (χ2v) is 5.93. The molecule has 0 saturated heterocycles. The summed E-state index contributed by atoms with van der Waals surface area (Å²) in [5.41, 5.74) is 1.36. The van der Waals surface area contributed by atoms with E-state index in [1.807, 2.05) is 0 Å². The van der Waals surface area contributed by atoms with Crippen LogP contribution in [0.4, 0.5) is 11.4 Å². The fourth-order valence-electron chi connectivity index (χ4n) is 2.09. The van der Waals surface area contributed by atoms with Crippen LogP contribution in [-0.2, 0) is 0 Å². The van der Waals surface area contributed by atoms with Gasteiger partial charge in [-0.3, -0.25) is 9.59 Å². The van der Waals surface area contributed by atoms with Gasteiger partial charge < -0.3 is 15.1 Å². The lowest BCUT2D eigenvalue weighted by atomic mass is 10.2. The van der Waals surface area contributed by atoms with Gasteiger partial charge in [-0.25, -0.2) is 0 Å². The lowest BCUT2D eigenvalue weighted by Gasteiger charge is -2.10. The van der Waals surface area contributed by atoms with E-state index in [0.717, 1.165) is 0 Å². The van der Waals surface area contributed by atoms with Crippen LogP contribution in [0, 0.1) is 0 Å². The van der Waals surface area contributed by atoms with Crippen LogP contribution in [-0.4, -0.2) is 11.8 Å². The van der Waals surface area contributed by atoms with Crippen molar-refractivity contribution in [2.24, 2.45) is 0 Å². The van der Waals surface area contributed by atoms with E-state index in [4.69, 9.17) is 27.6 Å². The van der Waals surface area contributed by atoms with Crippen LogP contribution in [0.25, 0.3) is 0 Å². The normalized spacial score (nSPS) is 10.3. The molecule has 0 fully saturated rings. The van der Waals surface area contributed by atoms with Crippen molar-refractivity contribution < 1.29 is 14.0 Å². The highest BCUT2D eigenvalue weighted by atomic mass is 35.5. The zero-order valence-corrected chi connectivity index (χ0v) is 14.3. The third-order valence-corrected chi connectivity index (χ3v) is 3.89. The van der Waals surface area contributed by atoms with Gasteiger partial charge in [-0.2, -0.15) is 0 Å². The molecule has 0 saturated carbocycles. The monoisotopic (exact) mass is 374 g/mol. The summed E-state index contributed by atoms with van der Waals surface area (Å²) in [6.45, 7) is 0. The molecule has 1 aromatic heterocycles. The Morgan fingerprint density at radius 1 is 0.880 bits per heavy atom. The number of carbonyl (C=O) groups excluding carboxylic acids is 2. The molecule has 0 bridgehead atoms. The minimum Gasteiger partial charge on any atom is -0.459 e. The van der Waals surface area contributed by atoms with Gasteiger partial charge in [-0.05, 0) is 54.6 Å². The molecular weight excluding hydrogens is 363 g/mol. The van der Waals surface area contributed by atoms with E-state index >= 15 is 0 Å². The van der Waals surface area contributed by atoms with Crippen LogP contribution in [0.15, 0.2) is 65.3 Å². The Morgan fingerprint density at radius 2 is 1.64 bits per heavy atom. The van der Waals surface area contributed by atoms with Crippen molar-refractivity contribution in [1.82, 2.24) is 0 Å². The number of benzene rings is 2. The minimum absolute atomic E-state index is 0.191. The lowest BCUT2D eigenvalue weighted by molar-refractivity contribution is 0.0994. The van der Waals surface area contributed by atoms with Crippen molar-refractivity contribution in [3.8, 4) is 0 Å². The number of furan rings is 1. The summed E-state index contributed by atoms with van der Waals surface area (Å²) in [5.74, 6) is -0.513. The van der Waals surface area contributed by atoms with Crippen molar-refractivity contribution in [3.05, 3.63) is 82.2 Å². The molecule has 2 N–H and O–H groups in total. The summed E-state index contributed by atoms with van der Waals surface area (Å²) in [5, 5.41) is 6.21. The topological polar surface area (TPSA) is 71.3 Å². The third-order valence-electron chi connectivity index (χ3n) is 3.33. The van der Waals surface area contributed by atoms with Gasteiger partial charge in [0, 0.05) is 16.3 Å². The maximum Gasteiger partial charge on any atom is 0.291 e. The highest BCUT2D eigenvalue weighted by molar-refractivity contribution is 6.34. The van der Waals surface area contributed by atoms with Crippen LogP contribution < -0.4 is 10.6 Å². The number of amides is 2. The molecule has 2 amide bonds. The minimum atomic E-state index is -0.390. The Labute approximate surface area is 153 Å². The Kier molecular flexibility index (Phi) is 5.07. The quantitative estimate of drug-likeness (QED) is 0.667. The zero-order valence-electron chi connectivity index (χ0n) is 12.8. The van der Waals surface area contributed by atoms with Gasteiger partial charge in [0.15, 0.2) is 5.76 Å². The molecular formula is C18H12Cl2N2O3. The summed E-state index contributed by atoms with van der Waals surface area (Å²) in [4.78, 5) is 24.1. The summed E-state index contributed by atoms with van der Waals surface area (Å²) in [6, 6.07) is 14.4. The molecule has 0 aliphatic rings. The fraction of sp³-hybridized carbons (Fsp3) is 0. The number of carbonyl (C=O) groups is 2. The number of anilines is 2. The Morgan fingerprint density at radius 3 is 2.28 bits per heavy atom. The molecule has 7 heteroatoms. The predicted octanol–water partition coefficient (Wildman–Crippen LogP) is 5.09. The highest BCUT2D eigenvalue weighted by Gasteiger charge is 2.12. The standard InChI is InChI=1S/C18H12Cl2N2O3/c19-12-5-3-11(4-6-12)17(23)22-15-8-7-13(10-14(15)20)21-18(24)16-2-1-9-25-16/h1-10H,(H,21,24)(H,22,23). The average Bonchev–Trinajstić information content (AvgIpc) is 3.12. The molecule has 126 valence electrons. The van der Waals surface area contributed by atoms with E-state index in [0.29, 0.717) is 27.0 Å². The van der Waals surface area contributed by atoms with Crippen molar-refractivity contribution in [2.75, 3.05) is 10.6 Å². The zero-order chi connectivity index (χ0) is 17.8. The van der Waals surface area contributed by atoms with E-state index in [2.05, 4.69) is 10.6 Å². The Hall–Kier alpha value is -2.76. The highest BCUT2D eigenvalue weighted by Crippen LogP contribution is 2.26. The molecule has 0 spiro atoms.